The van der Waals surface area contributed by atoms with Crippen molar-refractivity contribution in [1.29, 1.82) is 0 Å². The maximum absolute atomic E-state index is 4.13. The number of aromatic nitrogens is 3. The quantitative estimate of drug-likeness (QED) is 0.789. The van der Waals surface area contributed by atoms with Crippen molar-refractivity contribution in [3.63, 3.8) is 0 Å². The summed E-state index contributed by atoms with van der Waals surface area (Å²) >= 11 is 0. The molecule has 2 heterocycles. The highest BCUT2D eigenvalue weighted by atomic mass is 15.3. The molecule has 0 saturated heterocycles. The number of hydrogen-bond acceptors (Lipinski definition) is 4. The summed E-state index contributed by atoms with van der Waals surface area (Å²) in [6.45, 7) is 9.68. The molecule has 0 radical (unpaired) electrons. The highest BCUT2D eigenvalue weighted by Gasteiger charge is 2.18. The molecule has 0 saturated carbocycles. The van der Waals surface area contributed by atoms with Crippen molar-refractivity contribution >= 4 is 0 Å². The van der Waals surface area contributed by atoms with E-state index in [0.29, 0.717) is 6.04 Å². The Labute approximate surface area is 96.8 Å². The van der Waals surface area contributed by atoms with Gasteiger partial charge in [0, 0.05) is 25.7 Å². The van der Waals surface area contributed by atoms with Crippen LogP contribution in [0.5, 0.6) is 0 Å². The molecule has 5 heteroatoms. The van der Waals surface area contributed by atoms with Crippen LogP contribution in [0.25, 0.3) is 0 Å². The average molecular weight is 223 g/mol. The van der Waals surface area contributed by atoms with Crippen molar-refractivity contribution in [1.82, 2.24) is 25.0 Å². The minimum Gasteiger partial charge on any atom is -0.315 e. The van der Waals surface area contributed by atoms with Gasteiger partial charge in [0.15, 0.2) is 0 Å². The molecule has 0 aromatic carbocycles. The molecule has 1 aromatic rings. The molecule has 1 aliphatic rings. The Hall–Kier alpha value is -0.940. The van der Waals surface area contributed by atoms with Crippen LogP contribution in [-0.4, -0.2) is 45.3 Å². The molecule has 1 aromatic heterocycles. The van der Waals surface area contributed by atoms with Crippen LogP contribution < -0.4 is 5.32 Å². The first-order valence-electron chi connectivity index (χ1n) is 6.12. The minimum absolute atomic E-state index is 0.550. The zero-order valence-electron chi connectivity index (χ0n) is 10.2. The highest BCUT2D eigenvalue weighted by molar-refractivity contribution is 4.90. The van der Waals surface area contributed by atoms with Crippen LogP contribution in [-0.2, 0) is 13.1 Å². The normalized spacial score (nSPS) is 18.4. The first-order chi connectivity index (χ1) is 7.79. The van der Waals surface area contributed by atoms with Gasteiger partial charge in [0.2, 0.25) is 0 Å². The third-order valence-corrected chi connectivity index (χ3v) is 2.99. The predicted octanol–water partition coefficient (Wildman–Crippen LogP) is 0.482. The van der Waals surface area contributed by atoms with Gasteiger partial charge in [-0.05, 0) is 19.9 Å². The Kier molecular flexibility index (Phi) is 3.90. The van der Waals surface area contributed by atoms with Crippen molar-refractivity contribution in [3.05, 3.63) is 12.2 Å². The molecular weight excluding hydrogens is 202 g/mol. The molecule has 16 heavy (non-hydrogen) atoms. The third-order valence-electron chi connectivity index (χ3n) is 2.99. The van der Waals surface area contributed by atoms with E-state index in [0.717, 1.165) is 38.5 Å². The number of fused-ring (bicyclic) bond motifs is 1. The first-order valence-corrected chi connectivity index (χ1v) is 6.12. The smallest absolute Gasteiger partial charge is 0.147 e. The number of rotatable bonds is 5. The summed E-state index contributed by atoms with van der Waals surface area (Å²) in [4.78, 5) is 2.44. The van der Waals surface area contributed by atoms with E-state index in [1.165, 1.54) is 6.42 Å². The third kappa shape index (κ3) is 2.80. The van der Waals surface area contributed by atoms with Crippen molar-refractivity contribution in [3.8, 4) is 0 Å². The average Bonchev–Trinajstić information content (AvgIpc) is 2.73. The van der Waals surface area contributed by atoms with Gasteiger partial charge in [0.05, 0.1) is 6.54 Å². The lowest BCUT2D eigenvalue weighted by Crippen LogP contribution is -2.42. The molecule has 1 aliphatic heterocycles. The van der Waals surface area contributed by atoms with Gasteiger partial charge >= 0.3 is 0 Å². The van der Waals surface area contributed by atoms with Gasteiger partial charge in [0.25, 0.3) is 0 Å². The molecule has 0 aliphatic carbocycles. The summed E-state index contributed by atoms with van der Waals surface area (Å²) in [6.07, 6.45) is 3.02. The molecule has 0 amide bonds. The zero-order chi connectivity index (χ0) is 11.4. The van der Waals surface area contributed by atoms with Crippen LogP contribution in [0, 0.1) is 0 Å². The van der Waals surface area contributed by atoms with Crippen molar-refractivity contribution < 1.29 is 0 Å². The molecule has 5 nitrogen and oxygen atoms in total. The highest BCUT2D eigenvalue weighted by Crippen LogP contribution is 2.08. The van der Waals surface area contributed by atoms with E-state index in [1.807, 2.05) is 6.33 Å². The predicted molar refractivity (Wildman–Crippen MR) is 63.1 cm³/mol. The second kappa shape index (κ2) is 5.41. The van der Waals surface area contributed by atoms with Gasteiger partial charge in [-0.3, -0.25) is 4.90 Å². The van der Waals surface area contributed by atoms with Crippen molar-refractivity contribution in [2.75, 3.05) is 19.6 Å². The first kappa shape index (κ1) is 11.5. The van der Waals surface area contributed by atoms with E-state index < -0.39 is 0 Å². The Bertz CT molecular complexity index is 322. The van der Waals surface area contributed by atoms with E-state index in [1.54, 1.807) is 0 Å². The van der Waals surface area contributed by atoms with Gasteiger partial charge in [-0.25, -0.2) is 0 Å². The van der Waals surface area contributed by atoms with Gasteiger partial charge in [-0.1, -0.05) is 6.92 Å². The lowest BCUT2D eigenvalue weighted by Gasteiger charge is -2.29. The van der Waals surface area contributed by atoms with Crippen molar-refractivity contribution in [2.24, 2.45) is 0 Å². The number of nitrogens with zero attached hydrogens (tertiary/aromatic N) is 4. The summed E-state index contributed by atoms with van der Waals surface area (Å²) < 4.78 is 2.14. The van der Waals surface area contributed by atoms with Crippen LogP contribution in [0.2, 0.25) is 0 Å². The topological polar surface area (TPSA) is 46.0 Å². The van der Waals surface area contributed by atoms with Crippen LogP contribution >= 0.6 is 0 Å². The summed E-state index contributed by atoms with van der Waals surface area (Å²) in [5.41, 5.74) is 0. The molecule has 0 bridgehead atoms. The molecule has 90 valence electrons. The van der Waals surface area contributed by atoms with Gasteiger partial charge in [-0.15, -0.1) is 10.2 Å². The molecule has 1 unspecified atom stereocenters. The van der Waals surface area contributed by atoms with Gasteiger partial charge in [-0.2, -0.15) is 0 Å². The fraction of sp³-hybridized carbons (Fsp3) is 0.818. The molecule has 0 fully saturated rings. The Morgan fingerprint density at radius 1 is 1.50 bits per heavy atom. The Balaban J connectivity index is 1.80. The minimum atomic E-state index is 0.550. The second-order valence-electron chi connectivity index (χ2n) is 4.53. The lowest BCUT2D eigenvalue weighted by molar-refractivity contribution is 0.198. The monoisotopic (exact) mass is 223 g/mol. The fourth-order valence-corrected chi connectivity index (χ4v) is 2.11. The summed E-state index contributed by atoms with van der Waals surface area (Å²) in [5.74, 6) is 1.09. The number of hydrogen-bond donors (Lipinski definition) is 1. The van der Waals surface area contributed by atoms with Gasteiger partial charge < -0.3 is 9.88 Å². The standard InChI is InChI=1S/C11H21N5/c1-3-4-12-10(2)7-15-5-6-16-9-13-14-11(16)8-15/h9-10,12H,3-8H2,1-2H3. The number of nitrogens with one attached hydrogen (secondary N) is 1. The van der Waals surface area contributed by atoms with Gasteiger partial charge in [0.1, 0.15) is 12.2 Å². The molecule has 1 atom stereocenters. The Morgan fingerprint density at radius 3 is 3.19 bits per heavy atom. The molecule has 2 rings (SSSR count). The van der Waals surface area contributed by atoms with E-state index >= 15 is 0 Å². The maximum Gasteiger partial charge on any atom is 0.147 e. The van der Waals surface area contributed by atoms with E-state index in [9.17, 15) is 0 Å². The van der Waals surface area contributed by atoms with Crippen molar-refractivity contribution in [2.45, 2.75) is 39.4 Å². The van der Waals surface area contributed by atoms with E-state index in [2.05, 4.69) is 38.8 Å². The van der Waals surface area contributed by atoms with Crippen LogP contribution in [0.3, 0.4) is 0 Å². The van der Waals surface area contributed by atoms with Crippen LogP contribution in [0.1, 0.15) is 26.1 Å². The molecule has 0 spiro atoms. The molecule has 1 N–H and O–H groups in total. The second-order valence-corrected chi connectivity index (χ2v) is 4.53. The summed E-state index contributed by atoms with van der Waals surface area (Å²) in [5, 5.41) is 11.6. The molecular formula is C11H21N5. The summed E-state index contributed by atoms with van der Waals surface area (Å²) in [7, 11) is 0. The largest absolute Gasteiger partial charge is 0.315 e. The maximum atomic E-state index is 4.13. The fourth-order valence-electron chi connectivity index (χ4n) is 2.11. The SMILES string of the molecule is CCCNC(C)CN1CCn2cnnc2C1. The van der Waals surface area contributed by atoms with E-state index in [4.69, 9.17) is 0 Å². The zero-order valence-corrected chi connectivity index (χ0v) is 10.2. The Morgan fingerprint density at radius 2 is 2.38 bits per heavy atom. The lowest BCUT2D eigenvalue weighted by atomic mass is 10.2. The van der Waals surface area contributed by atoms with Crippen LogP contribution in [0.4, 0.5) is 0 Å². The van der Waals surface area contributed by atoms with E-state index in [-0.39, 0.29) is 0 Å². The van der Waals surface area contributed by atoms with Crippen LogP contribution in [0.15, 0.2) is 6.33 Å². The summed E-state index contributed by atoms with van der Waals surface area (Å²) in [6, 6.07) is 0.550.